The van der Waals surface area contributed by atoms with Crippen LogP contribution in [0.2, 0.25) is 0 Å². The predicted molar refractivity (Wildman–Crippen MR) is 73.3 cm³/mol. The van der Waals surface area contributed by atoms with E-state index < -0.39 is 0 Å². The number of hydrogen-bond donors (Lipinski definition) is 1. The van der Waals surface area contributed by atoms with Crippen LogP contribution in [0.1, 0.15) is 0 Å². The van der Waals surface area contributed by atoms with Crippen LogP contribution in [0.5, 0.6) is 0 Å². The summed E-state index contributed by atoms with van der Waals surface area (Å²) >= 11 is 3.38. The van der Waals surface area contributed by atoms with Gasteiger partial charge in [-0.3, -0.25) is 4.79 Å². The first kappa shape index (κ1) is 12.8. The summed E-state index contributed by atoms with van der Waals surface area (Å²) < 4.78 is 7.47. The highest BCUT2D eigenvalue weighted by molar-refractivity contribution is 9.10. The number of rotatable bonds is 4. The van der Waals surface area contributed by atoms with Crippen LogP contribution in [-0.2, 0) is 16.3 Å². The van der Waals surface area contributed by atoms with E-state index in [-0.39, 0.29) is 5.91 Å². The largest absolute Gasteiger partial charge is 0.362 e. The third-order valence-corrected chi connectivity index (χ3v) is 3.01. The van der Waals surface area contributed by atoms with Crippen molar-refractivity contribution in [3.8, 4) is 0 Å². The van der Waals surface area contributed by atoms with E-state index >= 15 is 0 Å². The number of halogens is 1. The summed E-state index contributed by atoms with van der Waals surface area (Å²) in [5.41, 5.74) is 1.48. The van der Waals surface area contributed by atoms with Gasteiger partial charge in [-0.2, -0.15) is 5.10 Å². The molecule has 0 fully saturated rings. The summed E-state index contributed by atoms with van der Waals surface area (Å²) in [5.74, 6) is -0.260. The second-order valence-corrected chi connectivity index (χ2v) is 4.35. The van der Waals surface area contributed by atoms with E-state index in [1.54, 1.807) is 11.8 Å². The first-order valence-corrected chi connectivity index (χ1v) is 6.04. The first-order valence-electron chi connectivity index (χ1n) is 5.24. The molecule has 1 aromatic carbocycles. The molecule has 0 saturated heterocycles. The van der Waals surface area contributed by atoms with Gasteiger partial charge in [-0.25, -0.2) is 4.68 Å². The Bertz CT molecular complexity index is 607. The minimum atomic E-state index is -0.260. The van der Waals surface area contributed by atoms with Crippen LogP contribution in [0.25, 0.3) is 10.9 Å². The molecule has 0 spiro atoms. The van der Waals surface area contributed by atoms with Gasteiger partial charge in [0.1, 0.15) is 11.3 Å². The summed E-state index contributed by atoms with van der Waals surface area (Å²) in [4.78, 5) is 11.4. The molecule has 0 radical (unpaired) electrons. The third kappa shape index (κ3) is 2.30. The molecule has 18 heavy (non-hydrogen) atoms. The zero-order valence-corrected chi connectivity index (χ0v) is 11.4. The van der Waals surface area contributed by atoms with Crippen molar-refractivity contribution < 1.29 is 9.53 Å². The first-order chi connectivity index (χ1) is 8.67. The lowest BCUT2D eigenvalue weighted by molar-refractivity contribution is -0.111. The Labute approximate surface area is 113 Å². The lowest BCUT2D eigenvalue weighted by atomic mass is 10.2. The molecule has 0 unspecified atom stereocenters. The molecule has 0 bridgehead atoms. The Hall–Kier alpha value is -1.66. The summed E-state index contributed by atoms with van der Waals surface area (Å²) in [5, 5.41) is 7.97. The molecule has 2 aromatic rings. The molecule has 0 aliphatic rings. The van der Waals surface area contributed by atoms with Crippen LogP contribution < -0.4 is 5.32 Å². The molecule has 5 nitrogen and oxygen atoms in total. The molecule has 0 aliphatic heterocycles. The van der Waals surface area contributed by atoms with Crippen LogP contribution >= 0.6 is 15.9 Å². The van der Waals surface area contributed by atoms with E-state index in [4.69, 9.17) is 4.74 Å². The standard InChI is InChI=1S/C12H12BrN3O2/c1-3-10(17)14-9-6-4-5-8-11(9)16(7-18-2)15-12(8)13/h3-6H,1,7H2,2H3,(H,14,17). The van der Waals surface area contributed by atoms with Crippen molar-refractivity contribution in [3.63, 3.8) is 0 Å². The Morgan fingerprint density at radius 3 is 3.11 bits per heavy atom. The fourth-order valence-corrected chi connectivity index (χ4v) is 2.21. The number of ether oxygens (including phenoxy) is 1. The summed E-state index contributed by atoms with van der Waals surface area (Å²) in [6, 6.07) is 5.58. The Balaban J connectivity index is 2.58. The van der Waals surface area contributed by atoms with Gasteiger partial charge in [-0.05, 0) is 34.1 Å². The zero-order valence-electron chi connectivity index (χ0n) is 9.81. The molecule has 0 aliphatic carbocycles. The van der Waals surface area contributed by atoms with Crippen LogP contribution in [0.15, 0.2) is 35.5 Å². The lowest BCUT2D eigenvalue weighted by Crippen LogP contribution is -2.10. The van der Waals surface area contributed by atoms with Crippen LogP contribution in [0, 0.1) is 0 Å². The maximum absolute atomic E-state index is 11.4. The Morgan fingerprint density at radius 2 is 2.44 bits per heavy atom. The van der Waals surface area contributed by atoms with Gasteiger partial charge in [0.2, 0.25) is 5.91 Å². The van der Waals surface area contributed by atoms with Crippen LogP contribution in [0.3, 0.4) is 0 Å². The molecular weight excluding hydrogens is 298 g/mol. The molecule has 1 N–H and O–H groups in total. The van der Waals surface area contributed by atoms with Gasteiger partial charge in [0.05, 0.1) is 11.2 Å². The third-order valence-electron chi connectivity index (χ3n) is 2.42. The number of anilines is 1. The highest BCUT2D eigenvalue weighted by Crippen LogP contribution is 2.29. The number of methoxy groups -OCH3 is 1. The second kappa shape index (κ2) is 5.32. The summed E-state index contributed by atoms with van der Waals surface area (Å²) in [6.45, 7) is 3.74. The minimum Gasteiger partial charge on any atom is -0.362 e. The average Bonchev–Trinajstić information content (AvgIpc) is 2.68. The molecule has 94 valence electrons. The van der Waals surface area contributed by atoms with Crippen molar-refractivity contribution in [1.29, 1.82) is 0 Å². The van der Waals surface area contributed by atoms with Gasteiger partial charge in [-0.15, -0.1) is 0 Å². The van der Waals surface area contributed by atoms with Gasteiger partial charge in [0.25, 0.3) is 0 Å². The lowest BCUT2D eigenvalue weighted by Gasteiger charge is -2.07. The van der Waals surface area contributed by atoms with Gasteiger partial charge in [0, 0.05) is 12.5 Å². The van der Waals surface area contributed by atoms with Crippen LogP contribution in [-0.4, -0.2) is 22.8 Å². The smallest absolute Gasteiger partial charge is 0.247 e. The summed E-state index contributed by atoms with van der Waals surface area (Å²) in [7, 11) is 1.59. The predicted octanol–water partition coefficient (Wildman–Crippen LogP) is 2.53. The number of carbonyl (C=O) groups is 1. The van der Waals surface area contributed by atoms with E-state index in [0.717, 1.165) is 10.9 Å². The minimum absolute atomic E-state index is 0.260. The van der Waals surface area contributed by atoms with Crippen molar-refractivity contribution in [2.75, 3.05) is 12.4 Å². The normalized spacial score (nSPS) is 10.6. The molecule has 0 atom stereocenters. The van der Waals surface area contributed by atoms with Crippen molar-refractivity contribution in [1.82, 2.24) is 9.78 Å². The van der Waals surface area contributed by atoms with Crippen molar-refractivity contribution in [2.45, 2.75) is 6.73 Å². The molecule has 1 amide bonds. The molecule has 1 heterocycles. The van der Waals surface area contributed by atoms with E-state index in [1.807, 2.05) is 18.2 Å². The Morgan fingerprint density at radius 1 is 1.67 bits per heavy atom. The zero-order chi connectivity index (χ0) is 13.1. The maximum Gasteiger partial charge on any atom is 0.247 e. The fourth-order valence-electron chi connectivity index (χ4n) is 1.70. The van der Waals surface area contributed by atoms with Crippen molar-refractivity contribution in [2.24, 2.45) is 0 Å². The van der Waals surface area contributed by atoms with Crippen LogP contribution in [0.4, 0.5) is 5.69 Å². The molecule has 2 rings (SSSR count). The van der Waals surface area contributed by atoms with Crippen molar-refractivity contribution >= 4 is 38.4 Å². The molecule has 0 saturated carbocycles. The van der Waals surface area contributed by atoms with Crippen molar-refractivity contribution in [3.05, 3.63) is 35.5 Å². The number of hydrogen-bond acceptors (Lipinski definition) is 3. The maximum atomic E-state index is 11.4. The van der Waals surface area contributed by atoms with Gasteiger partial charge < -0.3 is 10.1 Å². The highest BCUT2D eigenvalue weighted by atomic mass is 79.9. The number of aromatic nitrogens is 2. The number of benzene rings is 1. The Kier molecular flexibility index (Phi) is 3.78. The molecular formula is C12H12BrN3O2. The number of para-hydroxylation sites is 1. The average molecular weight is 310 g/mol. The number of nitrogens with zero attached hydrogens (tertiary/aromatic N) is 2. The number of amides is 1. The van der Waals surface area contributed by atoms with E-state index in [2.05, 4.69) is 32.9 Å². The molecule has 1 aromatic heterocycles. The topological polar surface area (TPSA) is 56.2 Å². The monoisotopic (exact) mass is 309 g/mol. The van der Waals surface area contributed by atoms with Gasteiger partial charge >= 0.3 is 0 Å². The number of fused-ring (bicyclic) bond motifs is 1. The quantitative estimate of drug-likeness (QED) is 0.883. The van der Waals surface area contributed by atoms with E-state index in [0.29, 0.717) is 17.0 Å². The van der Waals surface area contributed by atoms with E-state index in [9.17, 15) is 4.79 Å². The molecule has 6 heteroatoms. The fraction of sp³-hybridized carbons (Fsp3) is 0.167. The summed E-state index contributed by atoms with van der Waals surface area (Å²) in [6.07, 6.45) is 1.23. The van der Waals surface area contributed by atoms with Gasteiger partial charge in [0.15, 0.2) is 0 Å². The number of carbonyl (C=O) groups excluding carboxylic acids is 1. The van der Waals surface area contributed by atoms with E-state index in [1.165, 1.54) is 6.08 Å². The highest BCUT2D eigenvalue weighted by Gasteiger charge is 2.13. The SMILES string of the molecule is C=CC(=O)Nc1cccc2c(Br)nn(COC)c12. The second-order valence-electron chi connectivity index (χ2n) is 3.60. The number of nitrogens with one attached hydrogen (secondary N) is 1. The van der Waals surface area contributed by atoms with Gasteiger partial charge in [-0.1, -0.05) is 12.6 Å².